The number of rotatable bonds is 3. The molecule has 1 aliphatic carbocycles. The van der Waals surface area contributed by atoms with Gasteiger partial charge in [0.25, 0.3) is 0 Å². The minimum atomic E-state index is -0.464. The van der Waals surface area contributed by atoms with Crippen LogP contribution in [0.25, 0.3) is 0 Å². The smallest absolute Gasteiger partial charge is 0.237 e. The average Bonchev–Trinajstić information content (AvgIpc) is 2.51. The number of carbonyl (C=O) groups excluding carboxylic acids is 2. The van der Waals surface area contributed by atoms with Crippen molar-refractivity contribution in [2.75, 3.05) is 5.32 Å². The summed E-state index contributed by atoms with van der Waals surface area (Å²) in [7, 11) is 0. The van der Waals surface area contributed by atoms with E-state index in [9.17, 15) is 9.59 Å². The number of halogens is 1. The maximum atomic E-state index is 12.3. The van der Waals surface area contributed by atoms with E-state index in [0.717, 1.165) is 24.8 Å². The Labute approximate surface area is 141 Å². The second-order valence-electron chi connectivity index (χ2n) is 6.44. The summed E-state index contributed by atoms with van der Waals surface area (Å²) in [5, 5.41) is 9.83. The second-order valence-corrected chi connectivity index (χ2v) is 6.87. The highest BCUT2D eigenvalue weighted by molar-refractivity contribution is 6.31. The van der Waals surface area contributed by atoms with Crippen molar-refractivity contribution in [2.24, 2.45) is 0 Å². The molecule has 2 fully saturated rings. The van der Waals surface area contributed by atoms with Gasteiger partial charge in [0.1, 0.15) is 0 Å². The molecule has 1 aromatic carbocycles. The molecule has 3 atom stereocenters. The number of amides is 2. The molecule has 23 heavy (non-hydrogen) atoms. The van der Waals surface area contributed by atoms with Crippen LogP contribution in [-0.2, 0) is 9.59 Å². The molecule has 0 radical (unpaired) electrons. The van der Waals surface area contributed by atoms with Crippen molar-refractivity contribution in [3.63, 3.8) is 0 Å². The van der Waals surface area contributed by atoms with Gasteiger partial charge in [0.2, 0.25) is 11.8 Å². The Kier molecular flexibility index (Phi) is 4.87. The number of anilines is 1. The van der Waals surface area contributed by atoms with Crippen LogP contribution in [0.15, 0.2) is 18.2 Å². The van der Waals surface area contributed by atoms with E-state index in [2.05, 4.69) is 16.0 Å². The molecule has 0 bridgehead atoms. The maximum Gasteiger partial charge on any atom is 0.237 e. The fraction of sp³-hybridized carbons (Fsp3) is 0.529. The van der Waals surface area contributed by atoms with Gasteiger partial charge < -0.3 is 16.0 Å². The third-order valence-electron chi connectivity index (χ3n) is 4.69. The van der Waals surface area contributed by atoms with Crippen molar-refractivity contribution in [1.29, 1.82) is 0 Å². The lowest BCUT2D eigenvalue weighted by Crippen LogP contribution is -2.65. The van der Waals surface area contributed by atoms with Crippen molar-refractivity contribution < 1.29 is 9.59 Å². The van der Waals surface area contributed by atoms with Crippen LogP contribution < -0.4 is 16.0 Å². The molecule has 0 unspecified atom stereocenters. The van der Waals surface area contributed by atoms with Crippen molar-refractivity contribution in [3.8, 4) is 0 Å². The van der Waals surface area contributed by atoms with E-state index in [-0.39, 0.29) is 30.3 Å². The number of carbonyl (C=O) groups is 2. The molecule has 0 spiro atoms. The zero-order valence-corrected chi connectivity index (χ0v) is 14.0. The zero-order chi connectivity index (χ0) is 16.4. The summed E-state index contributed by atoms with van der Waals surface area (Å²) in [5.74, 6) is -0.261. The topological polar surface area (TPSA) is 70.2 Å². The summed E-state index contributed by atoms with van der Waals surface area (Å²) >= 11 is 5.96. The first-order valence-corrected chi connectivity index (χ1v) is 8.53. The normalized spacial score (nSPS) is 27.0. The van der Waals surface area contributed by atoms with Crippen LogP contribution >= 0.6 is 11.6 Å². The summed E-state index contributed by atoms with van der Waals surface area (Å²) in [6, 6.07) is 5.40. The van der Waals surface area contributed by atoms with Crippen LogP contribution in [0.1, 0.15) is 37.7 Å². The predicted octanol–water partition coefficient (Wildman–Crippen LogP) is 2.38. The fourth-order valence-electron chi connectivity index (χ4n) is 3.39. The first-order chi connectivity index (χ1) is 11.0. The third kappa shape index (κ3) is 3.85. The monoisotopic (exact) mass is 335 g/mol. The Hall–Kier alpha value is -1.59. The van der Waals surface area contributed by atoms with E-state index in [0.29, 0.717) is 10.7 Å². The molecule has 124 valence electrons. The van der Waals surface area contributed by atoms with Gasteiger partial charge in [0.15, 0.2) is 0 Å². The lowest BCUT2D eigenvalue weighted by molar-refractivity contribution is -0.129. The molecule has 1 saturated heterocycles. The van der Waals surface area contributed by atoms with Crippen LogP contribution in [0.4, 0.5) is 5.69 Å². The van der Waals surface area contributed by atoms with Crippen molar-refractivity contribution in [3.05, 3.63) is 28.8 Å². The molecule has 3 N–H and O–H groups in total. The summed E-state index contributed by atoms with van der Waals surface area (Å²) in [6.07, 6.45) is 4.52. The van der Waals surface area contributed by atoms with Crippen LogP contribution in [0.3, 0.4) is 0 Å². The Bertz CT molecular complexity index is 620. The minimum Gasteiger partial charge on any atom is -0.350 e. The first kappa shape index (κ1) is 16.3. The van der Waals surface area contributed by atoms with Crippen molar-refractivity contribution in [1.82, 2.24) is 10.6 Å². The molecule has 2 amide bonds. The van der Waals surface area contributed by atoms with E-state index in [4.69, 9.17) is 11.6 Å². The van der Waals surface area contributed by atoms with Crippen molar-refractivity contribution >= 4 is 29.1 Å². The molecule has 1 aliphatic heterocycles. The number of hydrogen-bond acceptors (Lipinski definition) is 3. The van der Waals surface area contributed by atoms with Crippen LogP contribution in [-0.4, -0.2) is 29.9 Å². The van der Waals surface area contributed by atoms with E-state index >= 15 is 0 Å². The lowest BCUT2D eigenvalue weighted by Gasteiger charge is -2.40. The van der Waals surface area contributed by atoms with E-state index < -0.39 is 6.04 Å². The molecule has 1 heterocycles. The maximum absolute atomic E-state index is 12.3. The SMILES string of the molecule is Cc1ccc(Cl)cc1NC(=O)C[C@H]1N[C@H]2CCCC[C@@H]2NC1=O. The number of piperazine rings is 1. The highest BCUT2D eigenvalue weighted by Gasteiger charge is 2.36. The number of benzene rings is 1. The highest BCUT2D eigenvalue weighted by atomic mass is 35.5. The molecule has 1 saturated carbocycles. The molecular weight excluding hydrogens is 314 g/mol. The van der Waals surface area contributed by atoms with Gasteiger partial charge in [-0.1, -0.05) is 30.5 Å². The number of nitrogens with one attached hydrogen (secondary N) is 3. The quantitative estimate of drug-likeness (QED) is 0.794. The van der Waals surface area contributed by atoms with Gasteiger partial charge in [-0.05, 0) is 37.5 Å². The molecule has 2 aliphatic rings. The number of fused-ring (bicyclic) bond motifs is 1. The lowest BCUT2D eigenvalue weighted by atomic mass is 9.87. The number of hydrogen-bond donors (Lipinski definition) is 3. The molecule has 1 aromatic rings. The van der Waals surface area contributed by atoms with Crippen molar-refractivity contribution in [2.45, 2.75) is 57.2 Å². The average molecular weight is 336 g/mol. The standard InChI is InChI=1S/C17H22ClN3O2/c1-10-6-7-11(18)8-14(10)20-16(22)9-15-17(23)21-13-5-3-2-4-12(13)19-15/h6-8,12-13,15,19H,2-5,9H2,1H3,(H,20,22)(H,21,23)/t12-,13-,15+/m0/s1. The predicted molar refractivity (Wildman–Crippen MR) is 90.5 cm³/mol. The summed E-state index contributed by atoms with van der Waals surface area (Å²) in [4.78, 5) is 24.5. The fourth-order valence-corrected chi connectivity index (χ4v) is 3.56. The molecule has 0 aromatic heterocycles. The molecular formula is C17H22ClN3O2. The Morgan fingerprint density at radius 3 is 2.83 bits per heavy atom. The van der Waals surface area contributed by atoms with Crippen LogP contribution in [0.2, 0.25) is 5.02 Å². The second kappa shape index (κ2) is 6.89. The van der Waals surface area contributed by atoms with Gasteiger partial charge in [-0.3, -0.25) is 9.59 Å². The molecule has 3 rings (SSSR count). The molecule has 5 nitrogen and oxygen atoms in total. The van der Waals surface area contributed by atoms with Gasteiger partial charge in [-0.15, -0.1) is 0 Å². The van der Waals surface area contributed by atoms with Gasteiger partial charge in [-0.2, -0.15) is 0 Å². The van der Waals surface area contributed by atoms with Gasteiger partial charge in [0.05, 0.1) is 12.5 Å². The van der Waals surface area contributed by atoms with Gasteiger partial charge in [0, 0.05) is 22.8 Å². The highest BCUT2D eigenvalue weighted by Crippen LogP contribution is 2.23. The van der Waals surface area contributed by atoms with Gasteiger partial charge in [-0.25, -0.2) is 0 Å². The largest absolute Gasteiger partial charge is 0.350 e. The third-order valence-corrected chi connectivity index (χ3v) is 4.92. The Morgan fingerprint density at radius 2 is 2.04 bits per heavy atom. The summed E-state index contributed by atoms with van der Waals surface area (Å²) in [6.45, 7) is 1.91. The molecule has 6 heteroatoms. The van der Waals surface area contributed by atoms with Crippen LogP contribution in [0.5, 0.6) is 0 Å². The van der Waals surface area contributed by atoms with E-state index in [1.807, 2.05) is 13.0 Å². The minimum absolute atomic E-state index is 0.0777. The van der Waals surface area contributed by atoms with E-state index in [1.165, 1.54) is 6.42 Å². The van der Waals surface area contributed by atoms with Crippen LogP contribution in [0, 0.1) is 6.92 Å². The summed E-state index contributed by atoms with van der Waals surface area (Å²) < 4.78 is 0. The van der Waals surface area contributed by atoms with E-state index in [1.54, 1.807) is 12.1 Å². The Morgan fingerprint density at radius 1 is 1.30 bits per heavy atom. The Balaban J connectivity index is 1.61. The first-order valence-electron chi connectivity index (χ1n) is 8.15. The van der Waals surface area contributed by atoms with Gasteiger partial charge >= 0.3 is 0 Å². The number of aryl methyl sites for hydroxylation is 1. The zero-order valence-electron chi connectivity index (χ0n) is 13.2. The summed E-state index contributed by atoms with van der Waals surface area (Å²) in [5.41, 5.74) is 1.63.